The number of rotatable bonds is 10. The van der Waals surface area contributed by atoms with Crippen LogP contribution in [-0.4, -0.2) is 41.2 Å². The van der Waals surface area contributed by atoms with Crippen molar-refractivity contribution >= 4 is 30.0 Å². The summed E-state index contributed by atoms with van der Waals surface area (Å²) in [6.45, 7) is 8.39. The zero-order valence-electron chi connectivity index (χ0n) is 16.6. The van der Waals surface area contributed by atoms with E-state index in [0.29, 0.717) is 24.8 Å². The first kappa shape index (κ1) is 21.0. The largest absolute Gasteiger partial charge is 0.370 e. The first-order chi connectivity index (χ1) is 13.4. The predicted octanol–water partition coefficient (Wildman–Crippen LogP) is 4.76. The lowest BCUT2D eigenvalue weighted by atomic mass is 10.2. The van der Waals surface area contributed by atoms with Crippen molar-refractivity contribution in [2.45, 2.75) is 51.1 Å². The predicted molar refractivity (Wildman–Crippen MR) is 116 cm³/mol. The number of aromatic nitrogens is 4. The van der Waals surface area contributed by atoms with Crippen LogP contribution in [0.2, 0.25) is 25.7 Å². The lowest BCUT2D eigenvalue weighted by molar-refractivity contribution is 0.0401. The van der Waals surface area contributed by atoms with Crippen molar-refractivity contribution in [3.8, 4) is 17.5 Å². The minimum Gasteiger partial charge on any atom is -0.370 e. The Balaban J connectivity index is 1.74. The molecule has 9 heteroatoms. The molecule has 1 aliphatic carbocycles. The van der Waals surface area contributed by atoms with Gasteiger partial charge in [-0.25, -0.2) is 15.0 Å². The van der Waals surface area contributed by atoms with Crippen LogP contribution in [0.5, 0.6) is 0 Å². The van der Waals surface area contributed by atoms with E-state index in [0.717, 1.165) is 34.5 Å². The van der Waals surface area contributed by atoms with Crippen LogP contribution in [0, 0.1) is 17.2 Å². The summed E-state index contributed by atoms with van der Waals surface area (Å²) in [6, 6.07) is 5.08. The van der Waals surface area contributed by atoms with Gasteiger partial charge < -0.3 is 15.0 Å². The molecular weight excluding hydrogens is 436 g/mol. The molecule has 150 valence electrons. The molecule has 0 spiro atoms. The summed E-state index contributed by atoms with van der Waals surface area (Å²) in [6.07, 6.45) is 4.48. The third-order valence-corrected chi connectivity index (χ3v) is 6.84. The molecule has 3 rings (SSSR count). The second-order valence-corrected chi connectivity index (χ2v) is 14.7. The van der Waals surface area contributed by atoms with E-state index in [4.69, 9.17) is 15.0 Å². The van der Waals surface area contributed by atoms with Crippen molar-refractivity contribution in [2.75, 3.05) is 18.5 Å². The number of aromatic amines is 1. The molecule has 0 aliphatic heterocycles. The van der Waals surface area contributed by atoms with Crippen LogP contribution in [0.25, 0.3) is 11.4 Å². The molecule has 0 saturated heterocycles. The number of anilines is 1. The maximum absolute atomic E-state index is 8.66. The number of halogens is 1. The molecule has 2 aromatic heterocycles. The zero-order valence-corrected chi connectivity index (χ0v) is 19.2. The summed E-state index contributed by atoms with van der Waals surface area (Å²) in [7, 11) is -1.13. The van der Waals surface area contributed by atoms with Crippen molar-refractivity contribution in [3.05, 3.63) is 22.7 Å². The van der Waals surface area contributed by atoms with E-state index in [1.165, 1.54) is 12.8 Å². The molecular formula is C19H27BrN6OSi. The molecule has 1 saturated carbocycles. The number of hydrogen-bond acceptors (Lipinski definition) is 6. The highest BCUT2D eigenvalue weighted by Crippen LogP contribution is 2.43. The van der Waals surface area contributed by atoms with Gasteiger partial charge in [0.1, 0.15) is 22.2 Å². The van der Waals surface area contributed by atoms with Crippen LogP contribution < -0.4 is 5.32 Å². The van der Waals surface area contributed by atoms with Crippen molar-refractivity contribution in [1.29, 1.82) is 5.26 Å². The minimum atomic E-state index is -1.13. The average Bonchev–Trinajstić information content (AvgIpc) is 3.40. The Labute approximate surface area is 175 Å². The lowest BCUT2D eigenvalue weighted by Gasteiger charge is -2.19. The molecule has 7 nitrogen and oxygen atoms in total. The molecule has 1 fully saturated rings. The fourth-order valence-corrected chi connectivity index (χ4v) is 4.03. The second kappa shape index (κ2) is 9.16. The molecule has 2 heterocycles. The van der Waals surface area contributed by atoms with Gasteiger partial charge in [0.25, 0.3) is 0 Å². The van der Waals surface area contributed by atoms with Gasteiger partial charge in [-0.2, -0.15) is 5.26 Å². The van der Waals surface area contributed by atoms with Crippen LogP contribution >= 0.6 is 15.9 Å². The number of nitrogens with zero attached hydrogens (tertiary/aromatic N) is 4. The van der Waals surface area contributed by atoms with E-state index in [1.54, 1.807) is 6.20 Å². The fraction of sp³-hybridized carbons (Fsp3) is 0.579. The quantitative estimate of drug-likeness (QED) is 0.389. The van der Waals surface area contributed by atoms with Crippen LogP contribution in [0.4, 0.5) is 5.95 Å². The number of hydrogen-bond donors (Lipinski definition) is 2. The zero-order chi connectivity index (χ0) is 20.1. The molecule has 1 atom stereocenters. The topological polar surface area (TPSA) is 99.5 Å². The lowest BCUT2D eigenvalue weighted by Crippen LogP contribution is -2.23. The van der Waals surface area contributed by atoms with Gasteiger partial charge in [0.15, 0.2) is 0 Å². The summed E-state index contributed by atoms with van der Waals surface area (Å²) in [5, 5.41) is 11.7. The maximum atomic E-state index is 8.66. The van der Waals surface area contributed by atoms with E-state index < -0.39 is 8.07 Å². The number of nitriles is 1. The summed E-state index contributed by atoms with van der Waals surface area (Å²) in [4.78, 5) is 16.9. The third-order valence-electron chi connectivity index (χ3n) is 4.57. The van der Waals surface area contributed by atoms with E-state index in [1.807, 2.05) is 6.07 Å². The smallest absolute Gasteiger partial charge is 0.223 e. The van der Waals surface area contributed by atoms with Crippen molar-refractivity contribution in [2.24, 2.45) is 5.92 Å². The number of ether oxygens (including phenoxy) is 1. The molecule has 0 radical (unpaired) electrons. The van der Waals surface area contributed by atoms with Crippen molar-refractivity contribution in [1.82, 2.24) is 19.9 Å². The van der Waals surface area contributed by atoms with Crippen LogP contribution in [0.1, 0.15) is 31.2 Å². The Morgan fingerprint density at radius 3 is 2.86 bits per heavy atom. The van der Waals surface area contributed by atoms with Gasteiger partial charge >= 0.3 is 0 Å². The molecule has 0 amide bonds. The van der Waals surface area contributed by atoms with Gasteiger partial charge in [-0.05, 0) is 46.8 Å². The normalized spacial score (nSPS) is 15.2. The summed E-state index contributed by atoms with van der Waals surface area (Å²) in [5.74, 6) is 1.90. The van der Waals surface area contributed by atoms with E-state index in [-0.39, 0.29) is 6.10 Å². The molecule has 0 bridgehead atoms. The van der Waals surface area contributed by atoms with Gasteiger partial charge in [-0.15, -0.1) is 0 Å². The Kier molecular flexibility index (Phi) is 6.85. The highest BCUT2D eigenvalue weighted by Gasteiger charge is 2.36. The Hall–Kier alpha value is -1.76. The van der Waals surface area contributed by atoms with E-state index in [9.17, 15) is 0 Å². The highest BCUT2D eigenvalue weighted by molar-refractivity contribution is 9.10. The minimum absolute atomic E-state index is 0.0106. The molecule has 2 N–H and O–H groups in total. The number of nitrogens with one attached hydrogen (secondary N) is 2. The van der Waals surface area contributed by atoms with Gasteiger partial charge in [-0.3, -0.25) is 0 Å². The molecule has 2 aromatic rings. The van der Waals surface area contributed by atoms with Gasteiger partial charge in [0.05, 0.1) is 18.2 Å². The standard InChI is InChI=1S/C19H27BrN6OSi/c1-28(2,3)12-11-27-16(13-5-6-13)18-25-15(17(20)26-18)14-7-10-23-19(24-14)22-9-4-8-21/h7,10,13,16H,4-6,9,11-12H2,1-3H3,(H,25,26)(H,22,23,24). The van der Waals surface area contributed by atoms with Crippen molar-refractivity contribution < 1.29 is 4.74 Å². The number of H-pyrrole nitrogens is 1. The highest BCUT2D eigenvalue weighted by atomic mass is 79.9. The van der Waals surface area contributed by atoms with Gasteiger partial charge in [-0.1, -0.05) is 19.6 Å². The molecule has 1 unspecified atom stereocenters. The summed E-state index contributed by atoms with van der Waals surface area (Å²) >= 11 is 3.59. The SMILES string of the molecule is C[Si](C)(C)CCOC(c1nc(-c2ccnc(NCCC#N)n2)c(Br)[nH]1)C1CC1. The second-order valence-electron chi connectivity index (χ2n) is 8.32. The maximum Gasteiger partial charge on any atom is 0.223 e. The van der Waals surface area contributed by atoms with Crippen LogP contribution in [0.3, 0.4) is 0 Å². The van der Waals surface area contributed by atoms with Crippen LogP contribution in [0.15, 0.2) is 16.9 Å². The van der Waals surface area contributed by atoms with E-state index >= 15 is 0 Å². The van der Waals surface area contributed by atoms with Gasteiger partial charge in [0.2, 0.25) is 5.95 Å². The first-order valence-electron chi connectivity index (χ1n) is 9.68. The van der Waals surface area contributed by atoms with Gasteiger partial charge in [0, 0.05) is 27.4 Å². The Morgan fingerprint density at radius 1 is 1.39 bits per heavy atom. The number of imidazole rings is 1. The van der Waals surface area contributed by atoms with Crippen LogP contribution in [-0.2, 0) is 4.74 Å². The first-order valence-corrected chi connectivity index (χ1v) is 14.2. The summed E-state index contributed by atoms with van der Waals surface area (Å²) < 4.78 is 7.06. The van der Waals surface area contributed by atoms with E-state index in [2.05, 4.69) is 61.9 Å². The van der Waals surface area contributed by atoms with Crippen molar-refractivity contribution in [3.63, 3.8) is 0 Å². The third kappa shape index (κ3) is 5.87. The molecule has 28 heavy (non-hydrogen) atoms. The molecule has 1 aliphatic rings. The molecule has 0 aromatic carbocycles. The average molecular weight is 463 g/mol. The summed E-state index contributed by atoms with van der Waals surface area (Å²) in [5.41, 5.74) is 1.47. The Bertz CT molecular complexity index is 840. The Morgan fingerprint density at radius 2 is 2.18 bits per heavy atom. The fourth-order valence-electron chi connectivity index (χ4n) is 2.81. The monoisotopic (exact) mass is 462 g/mol.